The van der Waals surface area contributed by atoms with E-state index in [9.17, 15) is 14.0 Å². The predicted octanol–water partition coefficient (Wildman–Crippen LogP) is 2.09. The predicted molar refractivity (Wildman–Crippen MR) is 80.0 cm³/mol. The van der Waals surface area contributed by atoms with Gasteiger partial charge in [0, 0.05) is 11.1 Å². The smallest absolute Gasteiger partial charge is 0.327 e. The summed E-state index contributed by atoms with van der Waals surface area (Å²) in [5, 5.41) is 4.23. The number of hydrogen-bond acceptors (Lipinski definition) is 4. The Hall–Kier alpha value is -2.50. The molecule has 22 heavy (non-hydrogen) atoms. The van der Waals surface area contributed by atoms with Gasteiger partial charge in [0.15, 0.2) is 0 Å². The molecule has 0 saturated heterocycles. The van der Waals surface area contributed by atoms with Crippen LogP contribution >= 0.6 is 0 Å². The Morgan fingerprint density at radius 1 is 1.41 bits per heavy atom. The fourth-order valence-electron chi connectivity index (χ4n) is 2.33. The van der Waals surface area contributed by atoms with Crippen LogP contribution in [0.25, 0.3) is 11.1 Å². The number of rotatable bonds is 4. The summed E-state index contributed by atoms with van der Waals surface area (Å²) in [4.78, 5) is 23.7. The van der Waals surface area contributed by atoms with Gasteiger partial charge in [-0.25, -0.2) is 9.07 Å². The minimum absolute atomic E-state index is 0.243. The van der Waals surface area contributed by atoms with E-state index in [1.54, 1.807) is 19.1 Å². The maximum absolute atomic E-state index is 13.5. The maximum atomic E-state index is 13.5. The number of ether oxygens (including phenoxy) is 1. The van der Waals surface area contributed by atoms with Crippen molar-refractivity contribution in [1.29, 1.82) is 0 Å². The molecule has 1 aromatic heterocycles. The zero-order valence-corrected chi connectivity index (χ0v) is 12.7. The van der Waals surface area contributed by atoms with Crippen molar-refractivity contribution in [2.24, 2.45) is 0 Å². The lowest BCUT2D eigenvalue weighted by molar-refractivity contribution is -0.141. The first-order chi connectivity index (χ1) is 10.5. The minimum Gasteiger partial charge on any atom is -0.468 e. The summed E-state index contributed by atoms with van der Waals surface area (Å²) in [6.45, 7) is 3.29. The first-order valence-corrected chi connectivity index (χ1v) is 6.91. The molecule has 116 valence electrons. The van der Waals surface area contributed by atoms with Crippen LogP contribution in [-0.2, 0) is 22.5 Å². The third-order valence-corrected chi connectivity index (χ3v) is 3.41. The van der Waals surface area contributed by atoms with E-state index < -0.39 is 5.97 Å². The van der Waals surface area contributed by atoms with E-state index in [2.05, 4.69) is 9.84 Å². The Labute approximate surface area is 127 Å². The summed E-state index contributed by atoms with van der Waals surface area (Å²) in [5.74, 6) is -0.924. The number of esters is 1. The monoisotopic (exact) mass is 304 g/mol. The second-order valence-electron chi connectivity index (χ2n) is 4.85. The van der Waals surface area contributed by atoms with Crippen LogP contribution in [0.1, 0.15) is 18.2 Å². The van der Waals surface area contributed by atoms with Gasteiger partial charge in [-0.3, -0.25) is 9.59 Å². The molecular weight excluding hydrogens is 287 g/mol. The molecular formula is C16H17FN2O3. The summed E-state index contributed by atoms with van der Waals surface area (Å²) < 4.78 is 19.1. The fourth-order valence-corrected chi connectivity index (χ4v) is 2.33. The van der Waals surface area contributed by atoms with E-state index in [0.717, 1.165) is 4.68 Å². The van der Waals surface area contributed by atoms with Crippen LogP contribution in [0.5, 0.6) is 0 Å². The first-order valence-electron chi connectivity index (χ1n) is 6.91. The molecule has 0 atom stereocenters. The van der Waals surface area contributed by atoms with Crippen LogP contribution in [0.3, 0.4) is 0 Å². The number of aryl methyl sites for hydroxylation is 1. The van der Waals surface area contributed by atoms with Crippen molar-refractivity contribution in [2.45, 2.75) is 26.8 Å². The van der Waals surface area contributed by atoms with Crippen molar-refractivity contribution in [2.75, 3.05) is 7.11 Å². The molecule has 0 unspecified atom stereocenters. The summed E-state index contributed by atoms with van der Waals surface area (Å²) >= 11 is 0. The third kappa shape index (κ3) is 3.05. The van der Waals surface area contributed by atoms with Gasteiger partial charge in [0.1, 0.15) is 12.4 Å². The van der Waals surface area contributed by atoms with Gasteiger partial charge >= 0.3 is 5.97 Å². The van der Waals surface area contributed by atoms with Crippen molar-refractivity contribution in [1.82, 2.24) is 9.78 Å². The number of carbonyl (C=O) groups is 1. The molecule has 2 rings (SSSR count). The third-order valence-electron chi connectivity index (χ3n) is 3.41. The first kappa shape index (κ1) is 15.9. The van der Waals surface area contributed by atoms with Gasteiger partial charge in [0.25, 0.3) is 5.56 Å². The van der Waals surface area contributed by atoms with Crippen molar-refractivity contribution in [3.63, 3.8) is 0 Å². The fraction of sp³-hybridized carbons (Fsp3) is 0.312. The lowest BCUT2D eigenvalue weighted by Crippen LogP contribution is -2.30. The van der Waals surface area contributed by atoms with Gasteiger partial charge in [0.2, 0.25) is 0 Å². The van der Waals surface area contributed by atoms with Gasteiger partial charge in [0.05, 0.1) is 12.8 Å². The molecule has 0 N–H and O–H groups in total. The quantitative estimate of drug-likeness (QED) is 0.812. The molecule has 0 fully saturated rings. The van der Waals surface area contributed by atoms with Crippen LogP contribution in [0.15, 0.2) is 29.1 Å². The molecule has 0 spiro atoms. The molecule has 1 aromatic carbocycles. The van der Waals surface area contributed by atoms with E-state index in [-0.39, 0.29) is 17.9 Å². The number of hydrogen-bond donors (Lipinski definition) is 0. The molecule has 0 aliphatic rings. The number of aromatic nitrogens is 2. The summed E-state index contributed by atoms with van der Waals surface area (Å²) in [6, 6.07) is 6.03. The second-order valence-corrected chi connectivity index (χ2v) is 4.85. The normalized spacial score (nSPS) is 10.5. The van der Waals surface area contributed by atoms with Gasteiger partial charge in [-0.1, -0.05) is 19.1 Å². The van der Waals surface area contributed by atoms with E-state index in [1.807, 2.05) is 6.92 Å². The summed E-state index contributed by atoms with van der Waals surface area (Å²) in [6.07, 6.45) is 0.550. The molecule has 0 aliphatic carbocycles. The van der Waals surface area contributed by atoms with Crippen LogP contribution < -0.4 is 5.56 Å². The second kappa shape index (κ2) is 6.51. The lowest BCUT2D eigenvalue weighted by atomic mass is 9.99. The molecule has 2 aromatic rings. The van der Waals surface area contributed by atoms with Crippen LogP contribution in [0.2, 0.25) is 0 Å². The number of benzene rings is 1. The van der Waals surface area contributed by atoms with Crippen molar-refractivity contribution < 1.29 is 13.9 Å². The average Bonchev–Trinajstić information content (AvgIpc) is 2.51. The summed E-state index contributed by atoms with van der Waals surface area (Å²) in [5.41, 5.74) is 1.90. The molecule has 0 amide bonds. The van der Waals surface area contributed by atoms with Crippen molar-refractivity contribution in [3.05, 3.63) is 51.7 Å². The largest absolute Gasteiger partial charge is 0.468 e. The highest BCUT2D eigenvalue weighted by molar-refractivity contribution is 5.70. The molecule has 0 radical (unpaired) electrons. The zero-order valence-electron chi connectivity index (χ0n) is 12.7. The van der Waals surface area contributed by atoms with Crippen molar-refractivity contribution >= 4 is 5.97 Å². The number of methoxy groups -OCH3 is 1. The van der Waals surface area contributed by atoms with Gasteiger partial charge in [-0.15, -0.1) is 0 Å². The molecule has 0 bridgehead atoms. The Bertz CT molecular complexity index is 768. The topological polar surface area (TPSA) is 61.2 Å². The Kier molecular flexibility index (Phi) is 4.70. The van der Waals surface area contributed by atoms with Gasteiger partial charge in [-0.2, -0.15) is 5.10 Å². The molecule has 1 heterocycles. The molecule has 6 heteroatoms. The summed E-state index contributed by atoms with van der Waals surface area (Å²) in [7, 11) is 1.25. The highest BCUT2D eigenvalue weighted by Crippen LogP contribution is 2.25. The lowest BCUT2D eigenvalue weighted by Gasteiger charge is -2.14. The maximum Gasteiger partial charge on any atom is 0.327 e. The highest BCUT2D eigenvalue weighted by Gasteiger charge is 2.17. The van der Waals surface area contributed by atoms with E-state index in [1.165, 1.54) is 19.2 Å². The highest BCUT2D eigenvalue weighted by atomic mass is 19.1. The SMILES string of the molecule is CCc1nn(CC(=O)OC)c(=O)c(C)c1-c1cccc(F)c1. The van der Waals surface area contributed by atoms with E-state index in [4.69, 9.17) is 0 Å². The van der Waals surface area contributed by atoms with Crippen LogP contribution in [0, 0.1) is 12.7 Å². The van der Waals surface area contributed by atoms with Gasteiger partial charge < -0.3 is 4.74 Å². The van der Waals surface area contributed by atoms with Gasteiger partial charge in [-0.05, 0) is 31.0 Å². The Morgan fingerprint density at radius 2 is 2.14 bits per heavy atom. The minimum atomic E-state index is -0.547. The zero-order chi connectivity index (χ0) is 16.3. The molecule has 0 aliphatic heterocycles. The number of halogens is 1. The van der Waals surface area contributed by atoms with Crippen LogP contribution in [-0.4, -0.2) is 22.9 Å². The van der Waals surface area contributed by atoms with E-state index >= 15 is 0 Å². The molecule has 5 nitrogen and oxygen atoms in total. The Morgan fingerprint density at radius 3 is 2.73 bits per heavy atom. The standard InChI is InChI=1S/C16H17FN2O3/c1-4-13-15(11-6-5-7-12(17)8-11)10(2)16(21)19(18-13)9-14(20)22-3/h5-8H,4,9H2,1-3H3. The molecule has 0 saturated carbocycles. The number of carbonyl (C=O) groups excluding carboxylic acids is 1. The van der Waals surface area contributed by atoms with E-state index in [0.29, 0.717) is 28.8 Å². The number of nitrogens with zero attached hydrogens (tertiary/aromatic N) is 2. The Balaban J connectivity index is 2.63. The van der Waals surface area contributed by atoms with Crippen molar-refractivity contribution in [3.8, 4) is 11.1 Å². The van der Waals surface area contributed by atoms with Crippen LogP contribution in [0.4, 0.5) is 4.39 Å². The average molecular weight is 304 g/mol.